The third-order valence-corrected chi connectivity index (χ3v) is 2.95. The Balaban J connectivity index is 2.67. The third kappa shape index (κ3) is 2.61. The Hall–Kier alpha value is -1.36. The van der Waals surface area contributed by atoms with E-state index in [1.165, 1.54) is 0 Å². The molecule has 90 valence electrons. The predicted molar refractivity (Wildman–Crippen MR) is 60.1 cm³/mol. The van der Waals surface area contributed by atoms with Gasteiger partial charge >= 0.3 is 5.97 Å². The lowest BCUT2D eigenvalue weighted by Crippen LogP contribution is -2.61. The highest BCUT2D eigenvalue weighted by Gasteiger charge is 2.39. The molecule has 1 heterocycles. The number of rotatable bonds is 3. The molecule has 1 saturated heterocycles. The Bertz CT molecular complexity index is 323. The van der Waals surface area contributed by atoms with Gasteiger partial charge in [0.2, 0.25) is 5.91 Å². The van der Waals surface area contributed by atoms with Gasteiger partial charge < -0.3 is 10.0 Å². The zero-order valence-corrected chi connectivity index (χ0v) is 9.93. The summed E-state index contributed by atoms with van der Waals surface area (Å²) in [6.45, 7) is 5.65. The molecule has 1 fully saturated rings. The van der Waals surface area contributed by atoms with Gasteiger partial charge in [0.25, 0.3) is 0 Å². The highest BCUT2D eigenvalue weighted by Crippen LogP contribution is 2.21. The smallest absolute Gasteiger partial charge is 0.328 e. The van der Waals surface area contributed by atoms with E-state index in [4.69, 9.17) is 5.11 Å². The normalized spacial score (nSPS) is 21.7. The van der Waals surface area contributed by atoms with Crippen molar-refractivity contribution in [3.8, 4) is 0 Å². The van der Waals surface area contributed by atoms with Crippen molar-refractivity contribution < 1.29 is 14.7 Å². The van der Waals surface area contributed by atoms with Crippen LogP contribution in [-0.2, 0) is 9.59 Å². The number of nitrogens with zero attached hydrogens (tertiary/aromatic N) is 2. The molecular formula is C11H18N2O3. The van der Waals surface area contributed by atoms with E-state index in [1.807, 2.05) is 18.7 Å². The number of hydrogen-bond donors (Lipinski definition) is 1. The molecule has 0 aliphatic carbocycles. The van der Waals surface area contributed by atoms with E-state index in [2.05, 4.69) is 0 Å². The van der Waals surface area contributed by atoms with Gasteiger partial charge in [-0.25, -0.2) is 4.79 Å². The van der Waals surface area contributed by atoms with Crippen molar-refractivity contribution in [1.82, 2.24) is 9.80 Å². The molecule has 0 saturated carbocycles. The Morgan fingerprint density at radius 2 is 2.12 bits per heavy atom. The van der Waals surface area contributed by atoms with Crippen LogP contribution in [0.25, 0.3) is 0 Å². The van der Waals surface area contributed by atoms with Gasteiger partial charge in [0.05, 0.1) is 5.54 Å². The lowest BCUT2D eigenvalue weighted by atomic mass is 9.98. The number of carboxylic acid groups (broad SMARTS) is 1. The summed E-state index contributed by atoms with van der Waals surface area (Å²) in [5.41, 5.74) is -0.560. The van der Waals surface area contributed by atoms with Crippen LogP contribution in [0.3, 0.4) is 0 Å². The van der Waals surface area contributed by atoms with E-state index >= 15 is 0 Å². The fourth-order valence-electron chi connectivity index (χ4n) is 1.85. The van der Waals surface area contributed by atoms with Crippen molar-refractivity contribution in [3.05, 3.63) is 12.2 Å². The quantitative estimate of drug-likeness (QED) is 0.697. The largest absolute Gasteiger partial charge is 0.478 e. The standard InChI is InChI=1S/C11H18N2O3/c1-11(2)10(16)12(3)7-8-13(11)6-4-5-9(14)15/h4-5H,6-8H2,1-3H3,(H,14,15). The minimum atomic E-state index is -0.960. The Morgan fingerprint density at radius 1 is 1.50 bits per heavy atom. The maximum absolute atomic E-state index is 11.9. The van der Waals surface area contributed by atoms with E-state index in [-0.39, 0.29) is 5.91 Å². The Labute approximate surface area is 95.3 Å². The lowest BCUT2D eigenvalue weighted by molar-refractivity contribution is -0.146. The Morgan fingerprint density at radius 3 is 2.69 bits per heavy atom. The molecule has 5 heteroatoms. The van der Waals surface area contributed by atoms with Crippen molar-refractivity contribution in [3.63, 3.8) is 0 Å². The van der Waals surface area contributed by atoms with E-state index < -0.39 is 11.5 Å². The highest BCUT2D eigenvalue weighted by molar-refractivity contribution is 5.86. The van der Waals surface area contributed by atoms with Gasteiger partial charge in [0.15, 0.2) is 0 Å². The number of carboxylic acids is 1. The first-order valence-electron chi connectivity index (χ1n) is 5.26. The van der Waals surface area contributed by atoms with Gasteiger partial charge in [-0.15, -0.1) is 0 Å². The van der Waals surface area contributed by atoms with Gasteiger partial charge in [0.1, 0.15) is 0 Å². The number of carbonyl (C=O) groups excluding carboxylic acids is 1. The molecule has 5 nitrogen and oxygen atoms in total. The first-order valence-corrected chi connectivity index (χ1v) is 5.26. The van der Waals surface area contributed by atoms with Crippen LogP contribution in [0.4, 0.5) is 0 Å². The van der Waals surface area contributed by atoms with Crippen LogP contribution in [0.1, 0.15) is 13.8 Å². The number of aliphatic carboxylic acids is 1. The molecule has 1 aliphatic rings. The minimum absolute atomic E-state index is 0.0717. The fourth-order valence-corrected chi connectivity index (χ4v) is 1.85. The topological polar surface area (TPSA) is 60.9 Å². The average Bonchev–Trinajstić information content (AvgIpc) is 2.18. The molecule has 0 unspecified atom stereocenters. The second kappa shape index (κ2) is 4.65. The summed E-state index contributed by atoms with van der Waals surface area (Å²) in [5.74, 6) is -0.888. The minimum Gasteiger partial charge on any atom is -0.478 e. The van der Waals surface area contributed by atoms with Gasteiger partial charge in [-0.2, -0.15) is 0 Å². The summed E-state index contributed by atoms with van der Waals surface area (Å²) < 4.78 is 0. The molecule has 1 N–H and O–H groups in total. The van der Waals surface area contributed by atoms with Crippen LogP contribution in [0.2, 0.25) is 0 Å². The van der Waals surface area contributed by atoms with E-state index in [1.54, 1.807) is 18.0 Å². The van der Waals surface area contributed by atoms with Gasteiger partial charge in [-0.1, -0.05) is 6.08 Å². The summed E-state index contributed by atoms with van der Waals surface area (Å²) in [7, 11) is 1.79. The van der Waals surface area contributed by atoms with Crippen molar-refractivity contribution in [1.29, 1.82) is 0 Å². The van der Waals surface area contributed by atoms with Gasteiger partial charge in [-0.3, -0.25) is 9.69 Å². The van der Waals surface area contributed by atoms with Crippen LogP contribution in [0.5, 0.6) is 0 Å². The molecule has 0 aromatic heterocycles. The summed E-state index contributed by atoms with van der Waals surface area (Å²) in [6.07, 6.45) is 2.68. The number of likely N-dealkylation sites (N-methyl/N-ethyl adjacent to an activating group) is 1. The van der Waals surface area contributed by atoms with Crippen molar-refractivity contribution in [2.24, 2.45) is 0 Å². The first kappa shape index (κ1) is 12.7. The van der Waals surface area contributed by atoms with Crippen LogP contribution in [-0.4, -0.2) is 59.0 Å². The zero-order valence-electron chi connectivity index (χ0n) is 9.93. The fraction of sp³-hybridized carbons (Fsp3) is 0.636. The van der Waals surface area contributed by atoms with Crippen LogP contribution >= 0.6 is 0 Å². The number of piperazine rings is 1. The number of carbonyl (C=O) groups is 2. The maximum Gasteiger partial charge on any atom is 0.328 e. The Kier molecular flexibility index (Phi) is 3.70. The number of hydrogen-bond acceptors (Lipinski definition) is 3. The molecule has 16 heavy (non-hydrogen) atoms. The molecule has 0 aromatic rings. The summed E-state index contributed by atoms with van der Waals surface area (Å²) in [6, 6.07) is 0. The molecule has 0 radical (unpaired) electrons. The van der Waals surface area contributed by atoms with Crippen molar-refractivity contribution >= 4 is 11.9 Å². The van der Waals surface area contributed by atoms with Gasteiger partial charge in [-0.05, 0) is 13.8 Å². The second-order valence-electron chi connectivity index (χ2n) is 4.47. The van der Waals surface area contributed by atoms with E-state index in [0.717, 1.165) is 12.6 Å². The monoisotopic (exact) mass is 226 g/mol. The maximum atomic E-state index is 11.9. The molecule has 0 aromatic carbocycles. The van der Waals surface area contributed by atoms with E-state index in [0.29, 0.717) is 13.1 Å². The summed E-state index contributed by atoms with van der Waals surface area (Å²) in [4.78, 5) is 25.9. The van der Waals surface area contributed by atoms with Crippen LogP contribution in [0, 0.1) is 0 Å². The molecule has 0 bridgehead atoms. The number of amides is 1. The molecule has 1 amide bonds. The van der Waals surface area contributed by atoms with Crippen LogP contribution < -0.4 is 0 Å². The lowest BCUT2D eigenvalue weighted by Gasteiger charge is -2.44. The predicted octanol–water partition coefficient (Wildman–Crippen LogP) is 0.180. The van der Waals surface area contributed by atoms with Gasteiger partial charge in [0, 0.05) is 32.8 Å². The third-order valence-electron chi connectivity index (χ3n) is 2.95. The summed E-state index contributed by atoms with van der Waals surface area (Å²) in [5, 5.41) is 8.49. The molecule has 0 spiro atoms. The highest BCUT2D eigenvalue weighted by atomic mass is 16.4. The SMILES string of the molecule is CN1CCN(CC=CC(=O)O)C(C)(C)C1=O. The van der Waals surface area contributed by atoms with Crippen LogP contribution in [0.15, 0.2) is 12.2 Å². The molecule has 1 rings (SSSR count). The first-order chi connectivity index (χ1) is 7.35. The van der Waals surface area contributed by atoms with E-state index in [9.17, 15) is 9.59 Å². The van der Waals surface area contributed by atoms with Crippen molar-refractivity contribution in [2.45, 2.75) is 19.4 Å². The second-order valence-corrected chi connectivity index (χ2v) is 4.47. The molecular weight excluding hydrogens is 208 g/mol. The molecule has 0 atom stereocenters. The molecule has 1 aliphatic heterocycles. The average molecular weight is 226 g/mol. The summed E-state index contributed by atoms with van der Waals surface area (Å²) >= 11 is 0. The van der Waals surface area contributed by atoms with Crippen molar-refractivity contribution in [2.75, 3.05) is 26.7 Å². The zero-order chi connectivity index (χ0) is 12.3.